The molecule has 2 heterocycles. The fourth-order valence-electron chi connectivity index (χ4n) is 3.09. The smallest absolute Gasteiger partial charge is 0.118 e. The maximum atomic E-state index is 6.06. The number of benzene rings is 2. The SMILES string of the molecule is COc1ccc(-c2cncn2CCNc2ccnc3cc(Cl)ccc23)cc1. The maximum absolute atomic E-state index is 6.06. The molecule has 4 aromatic rings. The summed E-state index contributed by atoms with van der Waals surface area (Å²) in [6, 6.07) is 15.7. The molecular weight excluding hydrogens is 360 g/mol. The number of anilines is 1. The highest BCUT2D eigenvalue weighted by molar-refractivity contribution is 6.31. The highest BCUT2D eigenvalue weighted by atomic mass is 35.5. The number of nitrogens with one attached hydrogen (secondary N) is 1. The van der Waals surface area contributed by atoms with Crippen LogP contribution in [-0.2, 0) is 6.54 Å². The standard InChI is InChI=1S/C21H19ClN4O/c1-27-17-5-2-15(3-6-17)21-13-23-14-26(21)11-10-25-19-8-9-24-20-12-16(22)4-7-18(19)20/h2-9,12-14H,10-11H2,1H3,(H,24,25). The Morgan fingerprint density at radius 2 is 1.96 bits per heavy atom. The monoisotopic (exact) mass is 378 g/mol. The lowest BCUT2D eigenvalue weighted by atomic mass is 10.1. The Balaban J connectivity index is 1.48. The van der Waals surface area contributed by atoms with Gasteiger partial charge in [-0.15, -0.1) is 0 Å². The molecule has 136 valence electrons. The predicted molar refractivity (Wildman–Crippen MR) is 109 cm³/mol. The van der Waals surface area contributed by atoms with Crippen LogP contribution in [0.4, 0.5) is 5.69 Å². The van der Waals surface area contributed by atoms with Gasteiger partial charge in [0.05, 0.1) is 30.8 Å². The summed E-state index contributed by atoms with van der Waals surface area (Å²) in [7, 11) is 1.67. The Hall–Kier alpha value is -3.05. The van der Waals surface area contributed by atoms with Crippen LogP contribution in [0, 0.1) is 0 Å². The molecule has 0 spiro atoms. The van der Waals surface area contributed by atoms with Gasteiger partial charge in [-0.2, -0.15) is 0 Å². The quantitative estimate of drug-likeness (QED) is 0.520. The first kappa shape index (κ1) is 17.4. The van der Waals surface area contributed by atoms with Crippen LogP contribution in [-0.4, -0.2) is 28.2 Å². The number of ether oxygens (including phenoxy) is 1. The average Bonchev–Trinajstić information content (AvgIpc) is 3.16. The van der Waals surface area contributed by atoms with Gasteiger partial charge < -0.3 is 14.6 Å². The van der Waals surface area contributed by atoms with E-state index in [-0.39, 0.29) is 0 Å². The minimum absolute atomic E-state index is 0.690. The van der Waals surface area contributed by atoms with Crippen LogP contribution in [0.5, 0.6) is 5.75 Å². The van der Waals surface area contributed by atoms with E-state index in [9.17, 15) is 0 Å². The molecule has 27 heavy (non-hydrogen) atoms. The van der Waals surface area contributed by atoms with Crippen molar-refractivity contribution in [3.05, 3.63) is 72.3 Å². The van der Waals surface area contributed by atoms with Gasteiger partial charge >= 0.3 is 0 Å². The minimum Gasteiger partial charge on any atom is -0.497 e. The Labute approximate surface area is 162 Å². The number of hydrogen-bond acceptors (Lipinski definition) is 4. The highest BCUT2D eigenvalue weighted by Gasteiger charge is 2.06. The van der Waals surface area contributed by atoms with Crippen LogP contribution in [0.15, 0.2) is 67.3 Å². The van der Waals surface area contributed by atoms with E-state index in [1.54, 1.807) is 13.3 Å². The molecule has 0 saturated heterocycles. The fraction of sp³-hybridized carbons (Fsp3) is 0.143. The lowest BCUT2D eigenvalue weighted by Crippen LogP contribution is -2.11. The van der Waals surface area contributed by atoms with Gasteiger partial charge in [0.25, 0.3) is 0 Å². The molecule has 0 saturated carbocycles. The normalized spacial score (nSPS) is 10.9. The van der Waals surface area contributed by atoms with Gasteiger partial charge in [-0.25, -0.2) is 4.98 Å². The topological polar surface area (TPSA) is 52.0 Å². The Kier molecular flexibility index (Phi) is 4.94. The lowest BCUT2D eigenvalue weighted by molar-refractivity contribution is 0.415. The molecule has 0 aliphatic heterocycles. The largest absolute Gasteiger partial charge is 0.497 e. The number of fused-ring (bicyclic) bond motifs is 1. The van der Waals surface area contributed by atoms with Gasteiger partial charge in [0, 0.05) is 40.9 Å². The highest BCUT2D eigenvalue weighted by Crippen LogP contribution is 2.25. The second-order valence-corrected chi connectivity index (χ2v) is 6.58. The number of pyridine rings is 1. The van der Waals surface area contributed by atoms with Crippen molar-refractivity contribution in [2.24, 2.45) is 0 Å². The van der Waals surface area contributed by atoms with Gasteiger partial charge in [-0.1, -0.05) is 11.6 Å². The van der Waals surface area contributed by atoms with Crippen LogP contribution in [0.2, 0.25) is 5.02 Å². The zero-order valence-electron chi connectivity index (χ0n) is 14.9. The second kappa shape index (κ2) is 7.68. The zero-order chi connectivity index (χ0) is 18.6. The molecule has 0 aliphatic rings. The average molecular weight is 379 g/mol. The summed E-state index contributed by atoms with van der Waals surface area (Å²) in [4.78, 5) is 8.68. The summed E-state index contributed by atoms with van der Waals surface area (Å²) in [6.07, 6.45) is 5.53. The Bertz CT molecular complexity index is 1060. The fourth-order valence-corrected chi connectivity index (χ4v) is 3.25. The predicted octanol–water partition coefficient (Wildman–Crippen LogP) is 4.87. The van der Waals surface area contributed by atoms with Crippen molar-refractivity contribution >= 4 is 28.2 Å². The second-order valence-electron chi connectivity index (χ2n) is 6.15. The van der Waals surface area contributed by atoms with E-state index in [0.29, 0.717) is 5.02 Å². The third-order valence-electron chi connectivity index (χ3n) is 4.47. The van der Waals surface area contributed by atoms with Gasteiger partial charge in [0.15, 0.2) is 0 Å². The summed E-state index contributed by atoms with van der Waals surface area (Å²) < 4.78 is 7.36. The van der Waals surface area contributed by atoms with Crippen molar-refractivity contribution in [3.63, 3.8) is 0 Å². The van der Waals surface area contributed by atoms with Crippen LogP contribution in [0.25, 0.3) is 22.2 Å². The summed E-state index contributed by atoms with van der Waals surface area (Å²) >= 11 is 6.06. The lowest BCUT2D eigenvalue weighted by Gasteiger charge is -2.12. The van der Waals surface area contributed by atoms with Crippen molar-refractivity contribution < 1.29 is 4.74 Å². The summed E-state index contributed by atoms with van der Waals surface area (Å²) in [5, 5.41) is 5.24. The molecule has 0 unspecified atom stereocenters. The summed E-state index contributed by atoms with van der Waals surface area (Å²) in [5.41, 5.74) is 4.11. The van der Waals surface area contributed by atoms with E-state index in [1.807, 2.05) is 61.1 Å². The Morgan fingerprint density at radius 1 is 1.11 bits per heavy atom. The van der Waals surface area contributed by atoms with Gasteiger partial charge in [0.2, 0.25) is 0 Å². The first-order valence-corrected chi connectivity index (χ1v) is 9.05. The molecular formula is C21H19ClN4O. The van der Waals surface area contributed by atoms with E-state index < -0.39 is 0 Å². The number of nitrogens with zero attached hydrogens (tertiary/aromatic N) is 3. The van der Waals surface area contributed by atoms with E-state index >= 15 is 0 Å². The molecule has 1 N–H and O–H groups in total. The van der Waals surface area contributed by atoms with Crippen LogP contribution in [0.3, 0.4) is 0 Å². The number of methoxy groups -OCH3 is 1. The number of imidazole rings is 1. The van der Waals surface area contributed by atoms with Crippen LogP contribution >= 0.6 is 11.6 Å². The molecule has 0 radical (unpaired) electrons. The molecule has 6 heteroatoms. The molecule has 2 aromatic heterocycles. The summed E-state index contributed by atoms with van der Waals surface area (Å²) in [6.45, 7) is 1.56. The number of hydrogen-bond donors (Lipinski definition) is 1. The zero-order valence-corrected chi connectivity index (χ0v) is 15.6. The van der Waals surface area contributed by atoms with Crippen molar-refractivity contribution in [1.29, 1.82) is 0 Å². The third kappa shape index (κ3) is 3.73. The van der Waals surface area contributed by atoms with Crippen LogP contribution in [0.1, 0.15) is 0 Å². The summed E-state index contributed by atoms with van der Waals surface area (Å²) in [5.74, 6) is 0.844. The van der Waals surface area contributed by atoms with Crippen molar-refractivity contribution in [1.82, 2.24) is 14.5 Å². The van der Waals surface area contributed by atoms with E-state index in [2.05, 4.69) is 19.9 Å². The van der Waals surface area contributed by atoms with Crippen molar-refractivity contribution in [2.75, 3.05) is 19.0 Å². The number of halogens is 1. The third-order valence-corrected chi connectivity index (χ3v) is 4.71. The van der Waals surface area contributed by atoms with Crippen molar-refractivity contribution in [2.45, 2.75) is 6.54 Å². The first-order chi connectivity index (χ1) is 13.2. The first-order valence-electron chi connectivity index (χ1n) is 8.67. The van der Waals surface area contributed by atoms with Gasteiger partial charge in [0.1, 0.15) is 5.75 Å². The van der Waals surface area contributed by atoms with Crippen molar-refractivity contribution in [3.8, 4) is 17.0 Å². The van der Waals surface area contributed by atoms with Crippen LogP contribution < -0.4 is 10.1 Å². The maximum Gasteiger partial charge on any atom is 0.118 e. The molecule has 0 amide bonds. The number of aromatic nitrogens is 3. The molecule has 5 nitrogen and oxygen atoms in total. The molecule has 4 rings (SSSR count). The molecule has 2 aromatic carbocycles. The van der Waals surface area contributed by atoms with E-state index in [1.165, 1.54) is 0 Å². The number of rotatable bonds is 6. The molecule has 0 bridgehead atoms. The van der Waals surface area contributed by atoms with E-state index in [4.69, 9.17) is 16.3 Å². The van der Waals surface area contributed by atoms with Gasteiger partial charge in [-0.3, -0.25) is 4.98 Å². The molecule has 0 aliphatic carbocycles. The Morgan fingerprint density at radius 3 is 2.78 bits per heavy atom. The minimum atomic E-state index is 0.690. The van der Waals surface area contributed by atoms with E-state index in [0.717, 1.165) is 46.7 Å². The molecule has 0 atom stereocenters. The van der Waals surface area contributed by atoms with Gasteiger partial charge in [-0.05, 0) is 48.5 Å². The molecule has 0 fully saturated rings.